The van der Waals surface area contributed by atoms with Crippen LogP contribution in [0.2, 0.25) is 0 Å². The van der Waals surface area contributed by atoms with E-state index in [1.807, 2.05) is 18.2 Å². The first kappa shape index (κ1) is 19.9. The van der Waals surface area contributed by atoms with E-state index in [0.29, 0.717) is 34.6 Å². The second kappa shape index (κ2) is 7.80. The molecule has 1 saturated heterocycles. The molecule has 1 saturated carbocycles. The molecule has 7 nitrogen and oxygen atoms in total. The molecule has 1 unspecified atom stereocenters. The average Bonchev–Trinajstić information content (AvgIpc) is 2.69. The fourth-order valence-electron chi connectivity index (χ4n) is 5.19. The summed E-state index contributed by atoms with van der Waals surface area (Å²) >= 11 is 0. The lowest BCUT2D eigenvalue weighted by Gasteiger charge is -2.52. The number of phenols is 1. The van der Waals surface area contributed by atoms with Crippen molar-refractivity contribution >= 4 is 5.70 Å². The maximum atomic E-state index is 10.1. The van der Waals surface area contributed by atoms with Crippen LogP contribution in [0.25, 0.3) is 5.70 Å². The molecule has 2 aliphatic heterocycles. The van der Waals surface area contributed by atoms with E-state index < -0.39 is 0 Å². The van der Waals surface area contributed by atoms with Gasteiger partial charge in [-0.25, -0.2) is 0 Å². The van der Waals surface area contributed by atoms with Crippen LogP contribution in [0.3, 0.4) is 0 Å². The minimum absolute atomic E-state index is 0.175. The second-order valence-corrected chi connectivity index (χ2v) is 8.90. The molecule has 0 radical (unpaired) electrons. The number of rotatable bonds is 5. The van der Waals surface area contributed by atoms with Gasteiger partial charge >= 0.3 is 0 Å². The fraction of sp³-hybridized carbons (Fsp3) is 0.545. The molecular formula is C22H34N6O. The average molecular weight is 399 g/mol. The molecule has 0 bridgehead atoms. The van der Waals surface area contributed by atoms with Gasteiger partial charge in [0.15, 0.2) is 0 Å². The number of allylic oxidation sites excluding steroid dienone is 1. The van der Waals surface area contributed by atoms with Crippen molar-refractivity contribution in [3.8, 4) is 5.75 Å². The summed E-state index contributed by atoms with van der Waals surface area (Å²) in [6, 6.07) is 7.84. The number of benzene rings is 1. The van der Waals surface area contributed by atoms with E-state index in [2.05, 4.69) is 22.0 Å². The smallest absolute Gasteiger partial charge is 0.124 e. The van der Waals surface area contributed by atoms with Crippen LogP contribution in [-0.2, 0) is 0 Å². The number of hydrogen-bond donors (Lipinski definition) is 5. The van der Waals surface area contributed by atoms with E-state index in [0.717, 1.165) is 51.3 Å². The molecule has 3 aliphatic rings. The van der Waals surface area contributed by atoms with Crippen molar-refractivity contribution < 1.29 is 5.11 Å². The number of phenolic OH excluding ortho intramolecular Hbond substituents is 1. The lowest BCUT2D eigenvalue weighted by molar-refractivity contribution is 0.00995. The third-order valence-electron chi connectivity index (χ3n) is 6.89. The quantitative estimate of drug-likeness (QED) is 0.501. The first-order valence-corrected chi connectivity index (χ1v) is 10.6. The summed E-state index contributed by atoms with van der Waals surface area (Å²) < 4.78 is 0. The Morgan fingerprint density at radius 1 is 1.31 bits per heavy atom. The molecule has 1 atom stereocenters. The van der Waals surface area contributed by atoms with Gasteiger partial charge in [0.1, 0.15) is 11.6 Å². The highest BCUT2D eigenvalue weighted by molar-refractivity contribution is 5.70. The summed E-state index contributed by atoms with van der Waals surface area (Å²) in [6.07, 6.45) is 5.37. The van der Waals surface area contributed by atoms with Crippen molar-refractivity contribution in [2.75, 3.05) is 32.7 Å². The van der Waals surface area contributed by atoms with E-state index in [-0.39, 0.29) is 5.75 Å². The van der Waals surface area contributed by atoms with Gasteiger partial charge in [0.25, 0.3) is 0 Å². The molecule has 1 aliphatic carbocycles. The Morgan fingerprint density at radius 3 is 2.76 bits per heavy atom. The Hall–Kier alpha value is -2.38. The Bertz CT molecular complexity index is 813. The number of para-hydroxylation sites is 1. The molecule has 29 heavy (non-hydrogen) atoms. The van der Waals surface area contributed by atoms with Crippen LogP contribution in [0.4, 0.5) is 0 Å². The van der Waals surface area contributed by atoms with E-state index >= 15 is 0 Å². The maximum absolute atomic E-state index is 10.1. The molecule has 2 heterocycles. The third-order valence-corrected chi connectivity index (χ3v) is 6.89. The van der Waals surface area contributed by atoms with Crippen LogP contribution in [0.5, 0.6) is 5.75 Å². The minimum Gasteiger partial charge on any atom is -0.507 e. The third kappa shape index (κ3) is 3.89. The monoisotopic (exact) mass is 398 g/mol. The van der Waals surface area contributed by atoms with E-state index in [1.54, 1.807) is 12.1 Å². The zero-order chi connectivity index (χ0) is 20.6. The summed E-state index contributed by atoms with van der Waals surface area (Å²) in [5.41, 5.74) is 21.1. The van der Waals surface area contributed by atoms with Crippen LogP contribution < -0.4 is 22.5 Å². The van der Waals surface area contributed by atoms with Crippen LogP contribution in [0.15, 0.2) is 41.9 Å². The number of fused-ring (bicyclic) bond motifs is 1. The molecule has 4 rings (SSSR count). The Kier molecular flexibility index (Phi) is 5.36. The number of nitrogens with one attached hydrogen (secondary N) is 1. The summed E-state index contributed by atoms with van der Waals surface area (Å²) in [4.78, 5) is 4.95. The van der Waals surface area contributed by atoms with Crippen LogP contribution in [-0.4, -0.2) is 59.7 Å². The minimum atomic E-state index is 0.175. The van der Waals surface area contributed by atoms with Crippen molar-refractivity contribution in [1.29, 1.82) is 0 Å². The van der Waals surface area contributed by atoms with Gasteiger partial charge in [0, 0.05) is 50.0 Å². The van der Waals surface area contributed by atoms with Crippen LogP contribution in [0.1, 0.15) is 31.7 Å². The van der Waals surface area contributed by atoms with Gasteiger partial charge in [-0.3, -0.25) is 4.90 Å². The first-order valence-electron chi connectivity index (χ1n) is 10.6. The van der Waals surface area contributed by atoms with Crippen molar-refractivity contribution in [3.05, 3.63) is 47.4 Å². The van der Waals surface area contributed by atoms with Crippen LogP contribution in [0, 0.1) is 5.41 Å². The van der Waals surface area contributed by atoms with Crippen molar-refractivity contribution in [1.82, 2.24) is 15.1 Å². The van der Waals surface area contributed by atoms with Crippen molar-refractivity contribution in [2.24, 2.45) is 22.6 Å². The highest BCUT2D eigenvalue weighted by Crippen LogP contribution is 2.44. The Balaban J connectivity index is 1.48. The van der Waals surface area contributed by atoms with Gasteiger partial charge in [-0.15, -0.1) is 0 Å². The van der Waals surface area contributed by atoms with Gasteiger partial charge in [-0.2, -0.15) is 0 Å². The number of nitrogens with two attached hydrogens (primary N) is 3. The van der Waals surface area contributed by atoms with E-state index in [4.69, 9.17) is 17.2 Å². The zero-order valence-corrected chi connectivity index (χ0v) is 17.3. The summed E-state index contributed by atoms with van der Waals surface area (Å²) in [7, 11) is 0. The van der Waals surface area contributed by atoms with Gasteiger partial charge < -0.3 is 32.5 Å². The van der Waals surface area contributed by atoms with Gasteiger partial charge in [0.05, 0.1) is 11.7 Å². The second-order valence-electron chi connectivity index (χ2n) is 8.90. The molecule has 7 heteroatoms. The number of aromatic hydroxyl groups is 1. The predicted molar refractivity (Wildman–Crippen MR) is 116 cm³/mol. The molecule has 158 valence electrons. The lowest BCUT2D eigenvalue weighted by Crippen LogP contribution is -2.62. The maximum Gasteiger partial charge on any atom is 0.124 e. The summed E-state index contributed by atoms with van der Waals surface area (Å²) in [5.74, 6) is 0.817. The Labute approximate surface area is 173 Å². The molecule has 8 N–H and O–H groups in total. The molecule has 1 aromatic rings. The number of piperazine rings is 1. The van der Waals surface area contributed by atoms with E-state index in [1.165, 1.54) is 6.42 Å². The summed E-state index contributed by atoms with van der Waals surface area (Å²) in [5, 5.41) is 13.5. The Morgan fingerprint density at radius 2 is 2.07 bits per heavy atom. The van der Waals surface area contributed by atoms with Crippen LogP contribution >= 0.6 is 0 Å². The molecular weight excluding hydrogens is 364 g/mol. The lowest BCUT2D eigenvalue weighted by atomic mass is 9.64. The topological polar surface area (TPSA) is 117 Å². The molecule has 0 amide bonds. The molecule has 0 spiro atoms. The van der Waals surface area contributed by atoms with Gasteiger partial charge in [-0.05, 0) is 42.9 Å². The van der Waals surface area contributed by atoms with E-state index in [9.17, 15) is 5.11 Å². The SMILES string of the molecule is CCC1(CN2CCN3C(/C=C(\N)c4ccccc4O)=C(N)NCC3C2)CC(N)C1. The summed E-state index contributed by atoms with van der Waals surface area (Å²) in [6.45, 7) is 7.18. The normalized spacial score (nSPS) is 30.6. The van der Waals surface area contributed by atoms with Gasteiger partial charge in [-0.1, -0.05) is 19.1 Å². The molecule has 2 fully saturated rings. The van der Waals surface area contributed by atoms with Gasteiger partial charge in [0.2, 0.25) is 0 Å². The highest BCUT2D eigenvalue weighted by Gasteiger charge is 2.43. The highest BCUT2D eigenvalue weighted by atomic mass is 16.3. The first-order chi connectivity index (χ1) is 13.9. The number of nitrogens with zero attached hydrogens (tertiary/aromatic N) is 2. The van der Waals surface area contributed by atoms with Crippen molar-refractivity contribution in [2.45, 2.75) is 38.3 Å². The fourth-order valence-corrected chi connectivity index (χ4v) is 5.19. The predicted octanol–water partition coefficient (Wildman–Crippen LogP) is 0.927. The molecule has 0 aromatic heterocycles. The zero-order valence-electron chi connectivity index (χ0n) is 17.3. The largest absolute Gasteiger partial charge is 0.507 e. The van der Waals surface area contributed by atoms with Crippen molar-refractivity contribution in [3.63, 3.8) is 0 Å². The molecule has 1 aromatic carbocycles. The standard InChI is InChI=1S/C22H34N6O/c1-2-22(10-15(23)11-22)14-27-7-8-28-16(13-27)12-26-21(25)19(28)9-18(24)17-5-3-4-6-20(17)29/h3-6,9,15-16,26,29H,2,7-8,10-14,23-25H2,1H3/b18-9-. The number of hydrogen-bond acceptors (Lipinski definition) is 7.